The van der Waals surface area contributed by atoms with Crippen molar-refractivity contribution in [2.45, 2.75) is 25.2 Å². The van der Waals surface area contributed by atoms with Crippen LogP contribution in [0.5, 0.6) is 0 Å². The molecule has 1 aliphatic carbocycles. The Morgan fingerprint density at radius 1 is 1.26 bits per heavy atom. The monoisotopic (exact) mass is 260 g/mol. The maximum Gasteiger partial charge on any atom is 0.276 e. The lowest BCUT2D eigenvalue weighted by molar-refractivity contribution is -0.235. The summed E-state index contributed by atoms with van der Waals surface area (Å²) in [4.78, 5) is 23.8. The first-order valence-corrected chi connectivity index (χ1v) is 5.84. The molecule has 0 fully saturated rings. The molecule has 1 heterocycles. The number of ketones is 2. The Kier molecular flexibility index (Phi) is 2.11. The van der Waals surface area contributed by atoms with Crippen LogP contribution in [0.2, 0.25) is 0 Å². The molecular weight excluding hydrogens is 248 g/mol. The van der Waals surface area contributed by atoms with Gasteiger partial charge in [-0.25, -0.2) is 0 Å². The lowest BCUT2D eigenvalue weighted by atomic mass is 9.87. The molecular formula is C14H12O5. The molecule has 0 saturated carbocycles. The van der Waals surface area contributed by atoms with Gasteiger partial charge in [0.2, 0.25) is 11.4 Å². The fraction of sp³-hybridized carbons (Fsp3) is 0.286. The zero-order chi connectivity index (χ0) is 14.0. The second-order valence-corrected chi connectivity index (χ2v) is 4.84. The summed E-state index contributed by atoms with van der Waals surface area (Å²) >= 11 is 0. The van der Waals surface area contributed by atoms with Crippen LogP contribution in [0.15, 0.2) is 35.6 Å². The minimum absolute atomic E-state index is 0.0451. The molecule has 1 aromatic carbocycles. The molecule has 1 aromatic rings. The van der Waals surface area contributed by atoms with E-state index < -0.39 is 23.0 Å². The smallest absolute Gasteiger partial charge is 0.276 e. The summed E-state index contributed by atoms with van der Waals surface area (Å²) in [5, 5.41) is 21.2. The van der Waals surface area contributed by atoms with Gasteiger partial charge in [0.25, 0.3) is 5.79 Å². The summed E-state index contributed by atoms with van der Waals surface area (Å²) in [6.07, 6.45) is 0. The number of hydrogen-bond acceptors (Lipinski definition) is 5. The van der Waals surface area contributed by atoms with E-state index in [1.165, 1.54) is 26.0 Å². The fourth-order valence-corrected chi connectivity index (χ4v) is 2.80. The predicted octanol–water partition coefficient (Wildman–Crippen LogP) is 0.652. The first-order valence-electron chi connectivity index (χ1n) is 5.84. The lowest BCUT2D eigenvalue weighted by Gasteiger charge is -2.29. The molecule has 3 rings (SSSR count). The van der Waals surface area contributed by atoms with E-state index in [0.717, 1.165) is 0 Å². The van der Waals surface area contributed by atoms with Crippen LogP contribution in [0.4, 0.5) is 0 Å². The van der Waals surface area contributed by atoms with Gasteiger partial charge in [-0.1, -0.05) is 24.3 Å². The Hall–Kier alpha value is -1.98. The quantitative estimate of drug-likeness (QED) is 0.774. The van der Waals surface area contributed by atoms with E-state index in [-0.39, 0.29) is 22.5 Å². The summed E-state index contributed by atoms with van der Waals surface area (Å²) < 4.78 is 5.26. The van der Waals surface area contributed by atoms with E-state index in [0.29, 0.717) is 0 Å². The van der Waals surface area contributed by atoms with Gasteiger partial charge in [0.05, 0.1) is 0 Å². The Labute approximate surface area is 109 Å². The second-order valence-electron chi connectivity index (χ2n) is 4.84. The van der Waals surface area contributed by atoms with Crippen molar-refractivity contribution < 1.29 is 24.5 Å². The van der Waals surface area contributed by atoms with Crippen LogP contribution in [0.3, 0.4) is 0 Å². The highest BCUT2D eigenvalue weighted by molar-refractivity contribution is 6.12. The number of aliphatic hydroxyl groups is 2. The molecule has 19 heavy (non-hydrogen) atoms. The zero-order valence-corrected chi connectivity index (χ0v) is 10.4. The van der Waals surface area contributed by atoms with Crippen molar-refractivity contribution in [1.29, 1.82) is 0 Å². The van der Waals surface area contributed by atoms with Crippen molar-refractivity contribution in [1.82, 2.24) is 0 Å². The Bertz CT molecular complexity index is 660. The number of Topliss-reactive ketones (excluding diaryl/α,β-unsaturated/α-hetero) is 2. The van der Waals surface area contributed by atoms with Gasteiger partial charge in [-0.2, -0.15) is 0 Å². The Morgan fingerprint density at radius 3 is 2.53 bits per heavy atom. The molecule has 0 amide bonds. The summed E-state index contributed by atoms with van der Waals surface area (Å²) in [5.74, 6) is -3.47. The maximum atomic E-state index is 12.3. The van der Waals surface area contributed by atoms with E-state index in [9.17, 15) is 19.8 Å². The molecule has 2 N–H and O–H groups in total. The van der Waals surface area contributed by atoms with Gasteiger partial charge in [0.1, 0.15) is 0 Å². The van der Waals surface area contributed by atoms with Crippen molar-refractivity contribution in [3.8, 4) is 0 Å². The molecule has 0 bridgehead atoms. The molecule has 0 radical (unpaired) electrons. The van der Waals surface area contributed by atoms with Crippen molar-refractivity contribution in [3.05, 3.63) is 46.7 Å². The van der Waals surface area contributed by atoms with Crippen molar-refractivity contribution in [3.63, 3.8) is 0 Å². The van der Waals surface area contributed by atoms with Crippen LogP contribution >= 0.6 is 0 Å². The van der Waals surface area contributed by atoms with Gasteiger partial charge in [-0.15, -0.1) is 0 Å². The summed E-state index contributed by atoms with van der Waals surface area (Å²) in [7, 11) is 0. The predicted molar refractivity (Wildman–Crippen MR) is 64.1 cm³/mol. The number of benzene rings is 1. The van der Waals surface area contributed by atoms with Gasteiger partial charge in [-0.05, 0) is 6.92 Å². The van der Waals surface area contributed by atoms with Gasteiger partial charge in [-0.3, -0.25) is 9.59 Å². The second kappa shape index (κ2) is 3.31. The molecule has 0 spiro atoms. The van der Waals surface area contributed by atoms with E-state index >= 15 is 0 Å². The molecule has 1 aliphatic heterocycles. The average molecular weight is 260 g/mol. The van der Waals surface area contributed by atoms with Gasteiger partial charge >= 0.3 is 0 Å². The molecule has 2 atom stereocenters. The highest BCUT2D eigenvalue weighted by atomic mass is 16.7. The number of fused-ring (bicyclic) bond motifs is 3. The van der Waals surface area contributed by atoms with Crippen molar-refractivity contribution in [2.75, 3.05) is 0 Å². The average Bonchev–Trinajstić information content (AvgIpc) is 2.70. The lowest BCUT2D eigenvalue weighted by Crippen LogP contribution is -2.50. The van der Waals surface area contributed by atoms with Crippen molar-refractivity contribution in [2.24, 2.45) is 0 Å². The molecule has 0 aromatic heterocycles. The largest absolute Gasteiger partial charge is 0.450 e. The third kappa shape index (κ3) is 1.12. The number of carbonyl (C=O) groups is 2. The maximum absolute atomic E-state index is 12.3. The van der Waals surface area contributed by atoms with E-state index in [4.69, 9.17) is 4.74 Å². The molecule has 0 saturated heterocycles. The standard InChI is InChI=1S/C14H12O5/c1-7-11(8(2)15)19-14(18)10-6-4-3-5-9(10)12(16)13(7,14)17/h3-6,17-18H,1-2H3. The summed E-state index contributed by atoms with van der Waals surface area (Å²) in [5.41, 5.74) is -1.80. The number of rotatable bonds is 1. The van der Waals surface area contributed by atoms with Gasteiger partial charge < -0.3 is 14.9 Å². The number of ether oxygens (including phenoxy) is 1. The van der Waals surface area contributed by atoms with Crippen LogP contribution < -0.4 is 0 Å². The van der Waals surface area contributed by atoms with Crippen LogP contribution in [-0.2, 0) is 15.3 Å². The van der Waals surface area contributed by atoms with E-state index in [2.05, 4.69) is 0 Å². The van der Waals surface area contributed by atoms with Crippen LogP contribution in [-0.4, -0.2) is 27.4 Å². The first kappa shape index (κ1) is 12.1. The van der Waals surface area contributed by atoms with E-state index in [1.54, 1.807) is 12.1 Å². The number of hydrogen-bond donors (Lipinski definition) is 2. The third-order valence-corrected chi connectivity index (χ3v) is 3.81. The number of allylic oxidation sites excluding steroid dienone is 1. The van der Waals surface area contributed by atoms with Crippen LogP contribution in [0, 0.1) is 0 Å². The van der Waals surface area contributed by atoms with Crippen LogP contribution in [0.25, 0.3) is 0 Å². The third-order valence-electron chi connectivity index (χ3n) is 3.81. The minimum atomic E-state index is -2.22. The zero-order valence-electron chi connectivity index (χ0n) is 10.4. The van der Waals surface area contributed by atoms with Gasteiger partial charge in [0.15, 0.2) is 11.5 Å². The van der Waals surface area contributed by atoms with E-state index in [1.807, 2.05) is 0 Å². The molecule has 5 nitrogen and oxygen atoms in total. The molecule has 98 valence electrons. The molecule has 5 heteroatoms. The van der Waals surface area contributed by atoms with Crippen molar-refractivity contribution >= 4 is 11.6 Å². The highest BCUT2D eigenvalue weighted by Crippen LogP contribution is 2.54. The molecule has 2 unspecified atom stereocenters. The van der Waals surface area contributed by atoms with Crippen LogP contribution in [0.1, 0.15) is 29.8 Å². The first-order chi connectivity index (χ1) is 8.84. The fourth-order valence-electron chi connectivity index (χ4n) is 2.80. The minimum Gasteiger partial charge on any atom is -0.450 e. The normalized spacial score (nSPS) is 32.1. The summed E-state index contributed by atoms with van der Waals surface area (Å²) in [6, 6.07) is 6.27. The number of carbonyl (C=O) groups excluding carboxylic acids is 2. The van der Waals surface area contributed by atoms with Gasteiger partial charge in [0, 0.05) is 23.6 Å². The SMILES string of the molecule is CC(=O)C1=C(C)C2(O)C(=O)c3ccccc3C2(O)O1. The molecule has 2 aliphatic rings. The topological polar surface area (TPSA) is 83.8 Å². The summed E-state index contributed by atoms with van der Waals surface area (Å²) in [6.45, 7) is 2.67. The highest BCUT2D eigenvalue weighted by Gasteiger charge is 2.70. The Balaban J connectivity index is 2.31. The Morgan fingerprint density at radius 2 is 1.89 bits per heavy atom.